The summed E-state index contributed by atoms with van der Waals surface area (Å²) >= 11 is 0. The molecule has 0 atom stereocenters. The third kappa shape index (κ3) is 4.67. The zero-order valence-corrected chi connectivity index (χ0v) is 22.2. The Morgan fingerprint density at radius 3 is 2.44 bits per heavy atom. The number of pyridine rings is 2. The number of carbonyl (C=O) groups is 1. The molecule has 0 aliphatic carbocycles. The van der Waals surface area contributed by atoms with Gasteiger partial charge < -0.3 is 15.0 Å². The zero-order chi connectivity index (χ0) is 27.5. The number of aryl methyl sites for hydroxylation is 1. The largest absolute Gasteiger partial charge is 0.444 e. The second-order valence-corrected chi connectivity index (χ2v) is 11.3. The van der Waals surface area contributed by atoms with Gasteiger partial charge in [0, 0.05) is 55.5 Å². The van der Waals surface area contributed by atoms with Gasteiger partial charge in [0.2, 0.25) is 0 Å². The van der Waals surface area contributed by atoms with Crippen molar-refractivity contribution in [1.82, 2.24) is 24.8 Å². The average molecular weight is 534 g/mol. The third-order valence-corrected chi connectivity index (χ3v) is 6.99. The molecule has 39 heavy (non-hydrogen) atoms. The molecule has 1 amide bonds. The van der Waals surface area contributed by atoms with Gasteiger partial charge in [-0.3, -0.25) is 9.88 Å². The fourth-order valence-corrected chi connectivity index (χ4v) is 5.21. The lowest BCUT2D eigenvalue weighted by Gasteiger charge is -2.57. The predicted octanol–water partition coefficient (Wildman–Crippen LogP) is 4.83. The van der Waals surface area contributed by atoms with Gasteiger partial charge in [-0.25, -0.2) is 28.5 Å². The van der Waals surface area contributed by atoms with E-state index in [1.54, 1.807) is 67.6 Å². The summed E-state index contributed by atoms with van der Waals surface area (Å²) in [6.07, 6.45) is 0.939. The summed E-state index contributed by atoms with van der Waals surface area (Å²) in [4.78, 5) is 27.5. The quantitative estimate of drug-likeness (QED) is 0.388. The summed E-state index contributed by atoms with van der Waals surface area (Å²) in [5.74, 6) is -0.377. The molecule has 2 aliphatic heterocycles. The van der Waals surface area contributed by atoms with Crippen LogP contribution in [-0.2, 0) is 4.74 Å². The molecule has 3 aromatic heterocycles. The number of imidazole rings is 1. The summed E-state index contributed by atoms with van der Waals surface area (Å²) in [6.45, 7) is 10.1. The van der Waals surface area contributed by atoms with E-state index in [4.69, 9.17) is 9.72 Å². The molecule has 1 aromatic carbocycles. The van der Waals surface area contributed by atoms with Gasteiger partial charge in [-0.1, -0.05) is 0 Å². The van der Waals surface area contributed by atoms with Crippen LogP contribution in [0.5, 0.6) is 0 Å². The SMILES string of the molecule is Cc1nc2ccc(-c3ccnc(NC(=O)OC(C)(C)C)c3)nc2n1-c1cc(F)c(N2CC3(CNC3)C2)c(F)c1. The van der Waals surface area contributed by atoms with E-state index < -0.39 is 23.3 Å². The highest BCUT2D eigenvalue weighted by atomic mass is 19.1. The Balaban J connectivity index is 1.32. The first-order chi connectivity index (χ1) is 18.5. The summed E-state index contributed by atoms with van der Waals surface area (Å²) < 4.78 is 37.5. The molecule has 2 fully saturated rings. The molecule has 0 bridgehead atoms. The van der Waals surface area contributed by atoms with E-state index in [9.17, 15) is 4.79 Å². The highest BCUT2D eigenvalue weighted by Crippen LogP contribution is 2.40. The Kier molecular flexibility index (Phi) is 5.79. The van der Waals surface area contributed by atoms with E-state index in [2.05, 4.69) is 20.6 Å². The van der Waals surface area contributed by atoms with Crippen LogP contribution in [0.1, 0.15) is 26.6 Å². The second kappa shape index (κ2) is 8.98. The highest BCUT2D eigenvalue weighted by Gasteiger charge is 2.48. The number of nitrogens with zero attached hydrogens (tertiary/aromatic N) is 5. The topological polar surface area (TPSA) is 97.2 Å². The van der Waals surface area contributed by atoms with Crippen molar-refractivity contribution in [2.24, 2.45) is 5.41 Å². The van der Waals surface area contributed by atoms with Gasteiger partial charge in [0.15, 0.2) is 17.3 Å². The van der Waals surface area contributed by atoms with E-state index in [0.29, 0.717) is 52.8 Å². The standard InChI is InChI=1S/C28H29F2N7O2/c1-16-33-22-6-5-21(17-7-8-32-23(9-17)35-26(38)39-27(2,3)4)34-25(22)37(16)18-10-19(29)24(20(30)11-18)36-14-28(15-36)12-31-13-28/h5-11,31H,12-15H2,1-4H3,(H,32,35,38). The van der Waals surface area contributed by atoms with Crippen molar-refractivity contribution in [1.29, 1.82) is 0 Å². The van der Waals surface area contributed by atoms with Gasteiger partial charge in [-0.15, -0.1) is 0 Å². The predicted molar refractivity (Wildman–Crippen MR) is 144 cm³/mol. The Bertz CT molecular complexity index is 1580. The molecule has 0 saturated carbocycles. The summed E-state index contributed by atoms with van der Waals surface area (Å²) in [6, 6.07) is 9.70. The van der Waals surface area contributed by atoms with Gasteiger partial charge >= 0.3 is 6.09 Å². The minimum atomic E-state index is -0.646. The number of anilines is 2. The number of hydrogen-bond donors (Lipinski definition) is 2. The molecule has 0 unspecified atom stereocenters. The second-order valence-electron chi connectivity index (χ2n) is 11.3. The molecule has 0 radical (unpaired) electrons. The van der Waals surface area contributed by atoms with Gasteiger partial charge in [-0.05, 0) is 52.0 Å². The van der Waals surface area contributed by atoms with Crippen molar-refractivity contribution in [3.63, 3.8) is 0 Å². The monoisotopic (exact) mass is 533 g/mol. The Hall–Kier alpha value is -4.12. The number of benzene rings is 1. The molecule has 202 valence electrons. The highest BCUT2D eigenvalue weighted by molar-refractivity contribution is 5.85. The van der Waals surface area contributed by atoms with Crippen molar-refractivity contribution in [2.45, 2.75) is 33.3 Å². The Morgan fingerprint density at radius 1 is 1.08 bits per heavy atom. The van der Waals surface area contributed by atoms with Gasteiger partial charge in [0.1, 0.15) is 28.4 Å². The van der Waals surface area contributed by atoms with Crippen molar-refractivity contribution < 1.29 is 18.3 Å². The maximum absolute atomic E-state index is 15.3. The van der Waals surface area contributed by atoms with Crippen LogP contribution in [0.4, 0.5) is 25.1 Å². The molecule has 2 aliphatic rings. The number of carbonyl (C=O) groups excluding carboxylic acids is 1. The molecule has 1 spiro atoms. The van der Waals surface area contributed by atoms with Crippen LogP contribution >= 0.6 is 0 Å². The molecule has 2 N–H and O–H groups in total. The van der Waals surface area contributed by atoms with Gasteiger partial charge in [-0.2, -0.15) is 0 Å². The van der Waals surface area contributed by atoms with Crippen LogP contribution in [0, 0.1) is 24.0 Å². The van der Waals surface area contributed by atoms with E-state index in [1.807, 2.05) is 0 Å². The number of nitrogens with one attached hydrogen (secondary N) is 2. The fourth-order valence-electron chi connectivity index (χ4n) is 5.21. The van der Waals surface area contributed by atoms with E-state index in [1.165, 1.54) is 12.1 Å². The van der Waals surface area contributed by atoms with E-state index in [0.717, 1.165) is 13.1 Å². The lowest BCUT2D eigenvalue weighted by atomic mass is 9.74. The summed E-state index contributed by atoms with van der Waals surface area (Å²) in [7, 11) is 0. The molecule has 6 rings (SSSR count). The number of hydrogen-bond acceptors (Lipinski definition) is 7. The van der Waals surface area contributed by atoms with Crippen LogP contribution < -0.4 is 15.5 Å². The van der Waals surface area contributed by atoms with E-state index >= 15 is 8.78 Å². The van der Waals surface area contributed by atoms with Crippen LogP contribution in [0.15, 0.2) is 42.6 Å². The average Bonchev–Trinajstić information content (AvgIpc) is 3.12. The minimum absolute atomic E-state index is 0.00815. The lowest BCUT2D eigenvalue weighted by molar-refractivity contribution is 0.0635. The number of fused-ring (bicyclic) bond motifs is 1. The minimum Gasteiger partial charge on any atom is -0.444 e. The van der Waals surface area contributed by atoms with Crippen molar-refractivity contribution in [2.75, 3.05) is 36.4 Å². The van der Waals surface area contributed by atoms with Crippen LogP contribution in [-0.4, -0.2) is 57.4 Å². The first-order valence-corrected chi connectivity index (χ1v) is 12.8. The normalized spacial score (nSPS) is 16.2. The number of aromatic nitrogens is 4. The lowest BCUT2D eigenvalue weighted by Crippen LogP contribution is -2.71. The number of ether oxygens (including phenoxy) is 1. The maximum atomic E-state index is 15.3. The maximum Gasteiger partial charge on any atom is 0.413 e. The van der Waals surface area contributed by atoms with Crippen LogP contribution in [0.3, 0.4) is 0 Å². The van der Waals surface area contributed by atoms with Crippen molar-refractivity contribution >= 4 is 28.8 Å². The van der Waals surface area contributed by atoms with Crippen LogP contribution in [0.2, 0.25) is 0 Å². The number of halogens is 2. The first kappa shape index (κ1) is 25.2. The van der Waals surface area contributed by atoms with E-state index in [-0.39, 0.29) is 11.1 Å². The number of rotatable bonds is 4. The van der Waals surface area contributed by atoms with Crippen molar-refractivity contribution in [3.05, 3.63) is 60.1 Å². The molecular formula is C28H29F2N7O2. The van der Waals surface area contributed by atoms with Gasteiger partial charge in [0.05, 0.1) is 11.4 Å². The summed E-state index contributed by atoms with van der Waals surface area (Å²) in [5, 5.41) is 5.86. The smallest absolute Gasteiger partial charge is 0.413 e. The summed E-state index contributed by atoms with van der Waals surface area (Å²) in [5.41, 5.74) is 2.12. The Morgan fingerprint density at radius 2 is 1.79 bits per heavy atom. The molecule has 5 heterocycles. The molecule has 4 aromatic rings. The fraction of sp³-hybridized carbons (Fsp3) is 0.357. The zero-order valence-electron chi connectivity index (χ0n) is 22.2. The van der Waals surface area contributed by atoms with Crippen LogP contribution in [0.25, 0.3) is 28.1 Å². The van der Waals surface area contributed by atoms with Gasteiger partial charge in [0.25, 0.3) is 0 Å². The Labute approximate surface area is 224 Å². The molecule has 2 saturated heterocycles. The number of amides is 1. The first-order valence-electron chi connectivity index (χ1n) is 12.8. The molecule has 9 nitrogen and oxygen atoms in total. The third-order valence-electron chi connectivity index (χ3n) is 6.99. The molecule has 11 heteroatoms. The van der Waals surface area contributed by atoms with Crippen molar-refractivity contribution in [3.8, 4) is 16.9 Å². The molecular weight excluding hydrogens is 504 g/mol.